The van der Waals surface area contributed by atoms with Gasteiger partial charge in [0.05, 0.1) is 35.1 Å². The SMILES string of the molecule is C[C@](O)([Si])c1nccn1[C@@H](C#Cc1ccc(-c2ccc(O[C@H]3CCOC3)c(Cl)c2)cc1)CO. The van der Waals surface area contributed by atoms with E-state index in [1.165, 1.54) is 0 Å². The zero-order chi connectivity index (χ0) is 23.4. The Morgan fingerprint density at radius 2 is 2.06 bits per heavy atom. The first kappa shape index (κ1) is 23.6. The van der Waals surface area contributed by atoms with Gasteiger partial charge in [-0.1, -0.05) is 41.6 Å². The van der Waals surface area contributed by atoms with Gasteiger partial charge in [0.25, 0.3) is 0 Å². The number of nitrogens with zero attached hydrogens (tertiary/aromatic N) is 2. The second-order valence-corrected chi connectivity index (χ2v) is 9.40. The lowest BCUT2D eigenvalue weighted by Crippen LogP contribution is -2.28. The van der Waals surface area contributed by atoms with Gasteiger partial charge in [0, 0.05) is 24.4 Å². The Kier molecular flexibility index (Phi) is 7.22. The Morgan fingerprint density at radius 1 is 1.30 bits per heavy atom. The van der Waals surface area contributed by atoms with Gasteiger partial charge in [-0.05, 0) is 42.3 Å². The van der Waals surface area contributed by atoms with Crippen LogP contribution in [-0.4, -0.2) is 55.9 Å². The molecule has 1 aliphatic heterocycles. The summed E-state index contributed by atoms with van der Waals surface area (Å²) < 4.78 is 12.9. The van der Waals surface area contributed by atoms with Crippen LogP contribution >= 0.6 is 11.6 Å². The molecular formula is C25H24ClN2O4Si. The fourth-order valence-electron chi connectivity index (χ4n) is 3.62. The van der Waals surface area contributed by atoms with Crippen LogP contribution in [0.25, 0.3) is 11.1 Å². The smallest absolute Gasteiger partial charge is 0.138 e. The minimum Gasteiger partial charge on any atom is -0.486 e. The summed E-state index contributed by atoms with van der Waals surface area (Å²) in [5.74, 6) is 7.17. The molecule has 4 rings (SSSR count). The molecule has 2 heterocycles. The lowest BCUT2D eigenvalue weighted by molar-refractivity contribution is 0.130. The molecule has 8 heteroatoms. The van der Waals surface area contributed by atoms with Crippen molar-refractivity contribution in [3.63, 3.8) is 0 Å². The Balaban J connectivity index is 1.48. The van der Waals surface area contributed by atoms with Crippen LogP contribution in [0.2, 0.25) is 5.02 Å². The molecule has 2 aromatic carbocycles. The van der Waals surface area contributed by atoms with Crippen LogP contribution in [-0.2, 0) is 9.96 Å². The maximum Gasteiger partial charge on any atom is 0.138 e. The molecule has 3 atom stereocenters. The first-order valence-corrected chi connectivity index (χ1v) is 11.5. The molecular weight excluding hydrogens is 456 g/mol. The highest BCUT2D eigenvalue weighted by atomic mass is 35.5. The van der Waals surface area contributed by atoms with E-state index in [1.54, 1.807) is 23.9 Å². The maximum absolute atomic E-state index is 10.2. The van der Waals surface area contributed by atoms with Gasteiger partial charge in [-0.2, -0.15) is 0 Å². The highest BCUT2D eigenvalue weighted by molar-refractivity contribution is 6.32. The van der Waals surface area contributed by atoms with Gasteiger partial charge in [0.15, 0.2) is 0 Å². The largest absolute Gasteiger partial charge is 0.486 e. The number of aliphatic hydroxyl groups excluding tert-OH is 1. The molecule has 0 amide bonds. The second kappa shape index (κ2) is 10.1. The average molecular weight is 480 g/mol. The fraction of sp³-hybridized carbons (Fsp3) is 0.320. The van der Waals surface area contributed by atoms with E-state index >= 15 is 0 Å². The number of aliphatic hydroxyl groups is 2. The predicted octanol–water partition coefficient (Wildman–Crippen LogP) is 3.29. The topological polar surface area (TPSA) is 76.7 Å². The number of ether oxygens (including phenoxy) is 2. The van der Waals surface area contributed by atoms with Crippen molar-refractivity contribution in [1.29, 1.82) is 0 Å². The molecule has 1 fully saturated rings. The zero-order valence-electron chi connectivity index (χ0n) is 18.2. The first-order chi connectivity index (χ1) is 15.8. The molecule has 0 spiro atoms. The van der Waals surface area contributed by atoms with Crippen LogP contribution in [0.5, 0.6) is 5.75 Å². The van der Waals surface area contributed by atoms with Crippen molar-refractivity contribution >= 4 is 21.8 Å². The Labute approximate surface area is 201 Å². The summed E-state index contributed by atoms with van der Waals surface area (Å²) in [6, 6.07) is 13.0. The molecule has 0 unspecified atom stereocenters. The Morgan fingerprint density at radius 3 is 2.70 bits per heavy atom. The monoisotopic (exact) mass is 479 g/mol. The molecule has 1 aromatic heterocycles. The van der Waals surface area contributed by atoms with Crippen LogP contribution in [0.3, 0.4) is 0 Å². The van der Waals surface area contributed by atoms with Crippen molar-refractivity contribution in [2.45, 2.75) is 30.7 Å². The molecule has 3 aromatic rings. The molecule has 33 heavy (non-hydrogen) atoms. The van der Waals surface area contributed by atoms with E-state index in [1.807, 2.05) is 42.5 Å². The quantitative estimate of drug-likeness (QED) is 0.419. The number of aromatic nitrogens is 2. The molecule has 1 saturated heterocycles. The molecule has 2 N–H and O–H groups in total. The van der Waals surface area contributed by atoms with E-state index in [0.29, 0.717) is 23.2 Å². The predicted molar refractivity (Wildman–Crippen MR) is 127 cm³/mol. The molecule has 6 nitrogen and oxygen atoms in total. The second-order valence-electron chi connectivity index (χ2n) is 8.02. The van der Waals surface area contributed by atoms with E-state index in [9.17, 15) is 10.2 Å². The summed E-state index contributed by atoms with van der Waals surface area (Å²) in [6.07, 6.45) is 4.16. The maximum atomic E-state index is 10.2. The summed E-state index contributed by atoms with van der Waals surface area (Å²) in [5, 5.41) is 19.3. The third-order valence-corrected chi connectivity index (χ3v) is 5.85. The lowest BCUT2D eigenvalue weighted by Gasteiger charge is -2.21. The molecule has 0 aliphatic carbocycles. The van der Waals surface area contributed by atoms with E-state index < -0.39 is 11.3 Å². The summed E-state index contributed by atoms with van der Waals surface area (Å²) in [6.45, 7) is 2.67. The van der Waals surface area contributed by atoms with Gasteiger partial charge in [-0.15, -0.1) is 0 Å². The normalized spacial score (nSPS) is 18.3. The summed E-state index contributed by atoms with van der Waals surface area (Å²) in [4.78, 5) is 4.16. The Hall–Kier alpha value is -2.60. The number of hydrogen-bond donors (Lipinski definition) is 2. The molecule has 0 saturated carbocycles. The highest BCUT2D eigenvalue weighted by Gasteiger charge is 2.24. The van der Waals surface area contributed by atoms with Crippen molar-refractivity contribution in [2.75, 3.05) is 19.8 Å². The van der Waals surface area contributed by atoms with Crippen molar-refractivity contribution in [2.24, 2.45) is 0 Å². The number of imidazole rings is 1. The summed E-state index contributed by atoms with van der Waals surface area (Å²) >= 11 is 6.44. The van der Waals surface area contributed by atoms with Crippen LogP contribution in [0.1, 0.15) is 30.8 Å². The van der Waals surface area contributed by atoms with E-state index in [4.69, 9.17) is 21.1 Å². The average Bonchev–Trinajstić information content (AvgIpc) is 3.48. The Bertz CT molecular complexity index is 1160. The number of benzene rings is 2. The summed E-state index contributed by atoms with van der Waals surface area (Å²) in [7, 11) is 3.25. The van der Waals surface area contributed by atoms with Crippen molar-refractivity contribution in [3.8, 4) is 28.7 Å². The van der Waals surface area contributed by atoms with Crippen LogP contribution in [0, 0.1) is 11.8 Å². The van der Waals surface area contributed by atoms with Gasteiger partial charge in [0.2, 0.25) is 0 Å². The molecule has 169 valence electrons. The third-order valence-electron chi connectivity index (χ3n) is 5.33. The van der Waals surface area contributed by atoms with E-state index in [-0.39, 0.29) is 12.7 Å². The van der Waals surface area contributed by atoms with Gasteiger partial charge < -0.3 is 24.3 Å². The number of hydrogen-bond acceptors (Lipinski definition) is 5. The number of halogens is 1. The van der Waals surface area contributed by atoms with E-state index in [0.717, 1.165) is 29.7 Å². The molecule has 3 radical (unpaired) electrons. The highest BCUT2D eigenvalue weighted by Crippen LogP contribution is 2.32. The van der Waals surface area contributed by atoms with Gasteiger partial charge in [-0.25, -0.2) is 4.98 Å². The molecule has 1 aliphatic rings. The molecule has 0 bridgehead atoms. The minimum absolute atomic E-state index is 0.0490. The van der Waals surface area contributed by atoms with Gasteiger partial charge in [-0.3, -0.25) is 0 Å². The van der Waals surface area contributed by atoms with Crippen molar-refractivity contribution in [3.05, 3.63) is 71.3 Å². The van der Waals surface area contributed by atoms with Crippen LogP contribution in [0.4, 0.5) is 0 Å². The fourth-order valence-corrected chi connectivity index (χ4v) is 4.04. The van der Waals surface area contributed by atoms with Crippen molar-refractivity contribution < 1.29 is 19.7 Å². The van der Waals surface area contributed by atoms with Crippen molar-refractivity contribution in [1.82, 2.24) is 9.55 Å². The zero-order valence-corrected chi connectivity index (χ0v) is 19.9. The third kappa shape index (κ3) is 5.67. The van der Waals surface area contributed by atoms with Gasteiger partial charge >= 0.3 is 0 Å². The number of rotatable bonds is 6. The van der Waals surface area contributed by atoms with Crippen LogP contribution < -0.4 is 4.74 Å². The standard InChI is InChI=1S/C25H24ClN2O4Si/c1-25(30,33)24-27-11-12-28(24)20(15-29)8-4-17-2-5-18(6-3-17)19-7-9-23(22(26)14-19)32-21-10-13-31-16-21/h2-3,5-7,9,11-12,14,20-21,29-30H,10,13,15-16H2,1H3/t20-,21-,25-/m0/s1. The first-order valence-electron chi connectivity index (χ1n) is 10.6. The minimum atomic E-state index is -1.33. The van der Waals surface area contributed by atoms with E-state index in [2.05, 4.69) is 27.1 Å². The van der Waals surface area contributed by atoms with Gasteiger partial charge in [0.1, 0.15) is 28.9 Å². The van der Waals surface area contributed by atoms with Crippen LogP contribution in [0.15, 0.2) is 54.9 Å². The summed E-state index contributed by atoms with van der Waals surface area (Å²) in [5.41, 5.74) is 2.78. The lowest BCUT2D eigenvalue weighted by atomic mass is 10.0.